The van der Waals surface area contributed by atoms with Gasteiger partial charge in [-0.2, -0.15) is 0 Å². The van der Waals surface area contributed by atoms with Gasteiger partial charge in [-0.05, 0) is 25.3 Å². The third-order valence-electron chi connectivity index (χ3n) is 3.46. The fourth-order valence-electron chi connectivity index (χ4n) is 2.30. The molecule has 4 heteroatoms. The van der Waals surface area contributed by atoms with Crippen LogP contribution in [0.4, 0.5) is 0 Å². The second-order valence-corrected chi connectivity index (χ2v) is 4.96. The molecule has 0 saturated carbocycles. The quantitative estimate of drug-likeness (QED) is 0.730. The summed E-state index contributed by atoms with van der Waals surface area (Å²) in [5, 5.41) is 10.2. The van der Waals surface area contributed by atoms with Crippen molar-refractivity contribution in [3.63, 3.8) is 0 Å². The van der Waals surface area contributed by atoms with E-state index in [1.165, 1.54) is 0 Å². The Kier molecular flexibility index (Phi) is 7.04. The fourth-order valence-corrected chi connectivity index (χ4v) is 2.30. The highest BCUT2D eigenvalue weighted by Gasteiger charge is 2.29. The summed E-state index contributed by atoms with van der Waals surface area (Å²) in [5.74, 6) is 0.224. The highest BCUT2D eigenvalue weighted by Crippen LogP contribution is 2.18. The van der Waals surface area contributed by atoms with Gasteiger partial charge in [-0.25, -0.2) is 0 Å². The van der Waals surface area contributed by atoms with E-state index in [9.17, 15) is 5.11 Å². The van der Waals surface area contributed by atoms with Gasteiger partial charge < -0.3 is 14.6 Å². The Bertz CT molecular complexity index is 199. The molecule has 1 fully saturated rings. The number of nitrogens with zero attached hydrogens (tertiary/aromatic N) is 1. The van der Waals surface area contributed by atoms with E-state index in [-0.39, 0.29) is 18.1 Å². The van der Waals surface area contributed by atoms with Crippen molar-refractivity contribution in [3.05, 3.63) is 0 Å². The SMILES string of the molecule is CCCN1CCOC(C(O)C(C)CCOC)C1. The number of morpholine rings is 1. The van der Waals surface area contributed by atoms with Crippen LogP contribution in [0.25, 0.3) is 0 Å². The van der Waals surface area contributed by atoms with Gasteiger partial charge in [0.25, 0.3) is 0 Å². The van der Waals surface area contributed by atoms with Crippen LogP contribution in [0, 0.1) is 5.92 Å². The van der Waals surface area contributed by atoms with Gasteiger partial charge in [0.2, 0.25) is 0 Å². The van der Waals surface area contributed by atoms with Gasteiger partial charge >= 0.3 is 0 Å². The molecular formula is C13H27NO3. The van der Waals surface area contributed by atoms with Gasteiger partial charge in [0.05, 0.1) is 18.8 Å². The van der Waals surface area contributed by atoms with E-state index < -0.39 is 0 Å². The Morgan fingerprint density at radius 3 is 2.94 bits per heavy atom. The monoisotopic (exact) mass is 245 g/mol. The minimum Gasteiger partial charge on any atom is -0.390 e. The molecule has 0 radical (unpaired) electrons. The predicted octanol–water partition coefficient (Wildman–Crippen LogP) is 1.13. The average Bonchev–Trinajstić information content (AvgIpc) is 2.35. The molecule has 17 heavy (non-hydrogen) atoms. The molecule has 3 unspecified atom stereocenters. The van der Waals surface area contributed by atoms with Gasteiger partial charge in [0.15, 0.2) is 0 Å². The largest absolute Gasteiger partial charge is 0.390 e. The second-order valence-electron chi connectivity index (χ2n) is 4.96. The zero-order valence-electron chi connectivity index (χ0n) is 11.4. The maximum absolute atomic E-state index is 10.2. The first-order chi connectivity index (χ1) is 8.19. The van der Waals surface area contributed by atoms with Crippen molar-refractivity contribution >= 4 is 0 Å². The maximum Gasteiger partial charge on any atom is 0.0963 e. The molecular weight excluding hydrogens is 218 g/mol. The molecule has 1 rings (SSSR count). The lowest BCUT2D eigenvalue weighted by atomic mass is 9.96. The Labute approximate surface area is 105 Å². The molecule has 0 amide bonds. The summed E-state index contributed by atoms with van der Waals surface area (Å²) in [4.78, 5) is 2.38. The number of ether oxygens (including phenoxy) is 2. The first-order valence-electron chi connectivity index (χ1n) is 6.70. The molecule has 1 saturated heterocycles. The van der Waals surface area contributed by atoms with Crippen LogP contribution in [0.5, 0.6) is 0 Å². The van der Waals surface area contributed by atoms with Crippen LogP contribution in [0.3, 0.4) is 0 Å². The summed E-state index contributed by atoms with van der Waals surface area (Å²) in [5.41, 5.74) is 0. The van der Waals surface area contributed by atoms with E-state index in [1.807, 2.05) is 0 Å². The van der Waals surface area contributed by atoms with Crippen molar-refractivity contribution in [1.82, 2.24) is 4.90 Å². The Morgan fingerprint density at radius 1 is 1.53 bits per heavy atom. The zero-order chi connectivity index (χ0) is 12.7. The third kappa shape index (κ3) is 4.92. The van der Waals surface area contributed by atoms with Crippen LogP contribution >= 0.6 is 0 Å². The normalized spacial score (nSPS) is 25.8. The highest BCUT2D eigenvalue weighted by molar-refractivity contribution is 4.80. The standard InChI is InChI=1S/C13H27NO3/c1-4-6-14-7-9-17-12(10-14)13(15)11(2)5-8-16-3/h11-13,15H,4-10H2,1-3H3. The van der Waals surface area contributed by atoms with Crippen molar-refractivity contribution in [1.29, 1.82) is 0 Å². The summed E-state index contributed by atoms with van der Waals surface area (Å²) >= 11 is 0. The Hall–Kier alpha value is -0.160. The minimum atomic E-state index is -0.384. The first-order valence-corrected chi connectivity index (χ1v) is 6.70. The molecule has 0 spiro atoms. The second kappa shape index (κ2) is 8.03. The highest BCUT2D eigenvalue weighted by atomic mass is 16.5. The van der Waals surface area contributed by atoms with E-state index in [4.69, 9.17) is 9.47 Å². The molecule has 3 atom stereocenters. The van der Waals surface area contributed by atoms with Crippen molar-refractivity contribution in [2.24, 2.45) is 5.92 Å². The molecule has 0 aromatic carbocycles. The van der Waals surface area contributed by atoms with E-state index in [2.05, 4.69) is 18.7 Å². The lowest BCUT2D eigenvalue weighted by Gasteiger charge is -2.36. The third-order valence-corrected chi connectivity index (χ3v) is 3.46. The van der Waals surface area contributed by atoms with Crippen LogP contribution in [-0.4, -0.2) is 62.2 Å². The van der Waals surface area contributed by atoms with Gasteiger partial charge in [-0.1, -0.05) is 13.8 Å². The topological polar surface area (TPSA) is 41.9 Å². The Morgan fingerprint density at radius 2 is 2.29 bits per heavy atom. The summed E-state index contributed by atoms with van der Waals surface area (Å²) in [6.45, 7) is 8.62. The van der Waals surface area contributed by atoms with E-state index >= 15 is 0 Å². The molecule has 1 aliphatic rings. The molecule has 1 heterocycles. The fraction of sp³-hybridized carbons (Fsp3) is 1.00. The Balaban J connectivity index is 2.36. The summed E-state index contributed by atoms with van der Waals surface area (Å²) in [6.07, 6.45) is 1.61. The van der Waals surface area contributed by atoms with Crippen LogP contribution in [-0.2, 0) is 9.47 Å². The van der Waals surface area contributed by atoms with Gasteiger partial charge in [0.1, 0.15) is 0 Å². The van der Waals surface area contributed by atoms with Crippen molar-refractivity contribution in [3.8, 4) is 0 Å². The van der Waals surface area contributed by atoms with Crippen molar-refractivity contribution in [2.75, 3.05) is 40.0 Å². The number of hydrogen-bond donors (Lipinski definition) is 1. The summed E-state index contributed by atoms with van der Waals surface area (Å²) in [6, 6.07) is 0. The molecule has 0 aromatic heterocycles. The number of methoxy groups -OCH3 is 1. The van der Waals surface area contributed by atoms with Crippen molar-refractivity contribution < 1.29 is 14.6 Å². The maximum atomic E-state index is 10.2. The number of hydrogen-bond acceptors (Lipinski definition) is 4. The summed E-state index contributed by atoms with van der Waals surface area (Å²) in [7, 11) is 1.69. The van der Waals surface area contributed by atoms with Crippen LogP contribution in [0.15, 0.2) is 0 Å². The van der Waals surface area contributed by atoms with Gasteiger partial charge in [0, 0.05) is 26.8 Å². The average molecular weight is 245 g/mol. The van der Waals surface area contributed by atoms with Crippen LogP contribution < -0.4 is 0 Å². The first kappa shape index (κ1) is 14.9. The van der Waals surface area contributed by atoms with Crippen LogP contribution in [0.1, 0.15) is 26.7 Å². The molecule has 1 N–H and O–H groups in total. The molecule has 0 aliphatic carbocycles. The van der Waals surface area contributed by atoms with Crippen molar-refractivity contribution in [2.45, 2.75) is 38.9 Å². The lowest BCUT2D eigenvalue weighted by Crippen LogP contribution is -2.49. The number of aliphatic hydroxyl groups excluding tert-OH is 1. The molecule has 4 nitrogen and oxygen atoms in total. The van der Waals surface area contributed by atoms with Crippen LogP contribution in [0.2, 0.25) is 0 Å². The number of aliphatic hydroxyl groups is 1. The van der Waals surface area contributed by atoms with Gasteiger partial charge in [-0.3, -0.25) is 4.90 Å². The molecule has 0 bridgehead atoms. The number of rotatable bonds is 7. The lowest BCUT2D eigenvalue weighted by molar-refractivity contribution is -0.105. The predicted molar refractivity (Wildman–Crippen MR) is 68.1 cm³/mol. The molecule has 1 aliphatic heterocycles. The minimum absolute atomic E-state index is 0.0397. The zero-order valence-corrected chi connectivity index (χ0v) is 11.4. The van der Waals surface area contributed by atoms with Gasteiger partial charge in [-0.15, -0.1) is 0 Å². The summed E-state index contributed by atoms with van der Waals surface area (Å²) < 4.78 is 10.7. The smallest absolute Gasteiger partial charge is 0.0963 e. The van der Waals surface area contributed by atoms with E-state index in [1.54, 1.807) is 7.11 Å². The molecule has 102 valence electrons. The van der Waals surface area contributed by atoms with E-state index in [0.29, 0.717) is 6.61 Å². The molecule has 0 aromatic rings. The van der Waals surface area contributed by atoms with E-state index in [0.717, 1.165) is 39.1 Å².